The summed E-state index contributed by atoms with van der Waals surface area (Å²) in [6, 6.07) is 0. The van der Waals surface area contributed by atoms with Crippen LogP contribution >= 0.6 is 22.6 Å². The Morgan fingerprint density at radius 3 is 2.33 bits per heavy atom. The van der Waals surface area contributed by atoms with Crippen molar-refractivity contribution in [3.8, 4) is 0 Å². The van der Waals surface area contributed by atoms with Gasteiger partial charge in [0, 0.05) is 3.58 Å². The Bertz CT molecular complexity index is 75.6. The molecule has 0 aromatic heterocycles. The largest absolute Gasteiger partial charge is 0.297 e. The molecule has 0 fully saturated rings. The highest BCUT2D eigenvalue weighted by molar-refractivity contribution is 14.1. The second-order valence-electron chi connectivity index (χ2n) is 0.791. The normalized spacial score (nSPS) is 11.3. The molecule has 1 nitrogen and oxygen atoms in total. The quantitative estimate of drug-likeness (QED) is 0.353. The van der Waals surface area contributed by atoms with Gasteiger partial charge in [-0.1, -0.05) is 6.08 Å². The fourth-order valence-corrected chi connectivity index (χ4v) is 0.0680. The van der Waals surface area contributed by atoms with Crippen molar-refractivity contribution in [1.82, 2.24) is 0 Å². The van der Waals surface area contributed by atoms with Crippen LogP contribution in [0.4, 0.5) is 0 Å². The van der Waals surface area contributed by atoms with Gasteiger partial charge in [0.1, 0.15) is 0 Å². The molecule has 0 bridgehead atoms. The second-order valence-corrected chi connectivity index (χ2v) is 2.04. The average Bonchev–Trinajstić information content (AvgIpc) is 1.65. The molecule has 0 N–H and O–H groups in total. The van der Waals surface area contributed by atoms with Gasteiger partial charge in [0.25, 0.3) is 0 Å². The number of carbonyl (C=O) groups is 1. The minimum Gasteiger partial charge on any atom is -0.297 e. The number of allylic oxidation sites excluding steroid dienone is 2. The van der Waals surface area contributed by atoms with Gasteiger partial charge >= 0.3 is 0 Å². The van der Waals surface area contributed by atoms with Crippen LogP contribution in [0.3, 0.4) is 0 Å². The van der Waals surface area contributed by atoms with Gasteiger partial charge in [0.15, 0.2) is 6.29 Å². The van der Waals surface area contributed by atoms with Crippen molar-refractivity contribution in [1.29, 1.82) is 0 Å². The van der Waals surface area contributed by atoms with Gasteiger partial charge in [0.05, 0.1) is 0 Å². The SMILES string of the molecule is CC=C(I)C=O. The minimum absolute atomic E-state index is 0.757. The van der Waals surface area contributed by atoms with Gasteiger partial charge in [-0.25, -0.2) is 0 Å². The Balaban J connectivity index is 3.50. The van der Waals surface area contributed by atoms with Gasteiger partial charge in [-0.15, -0.1) is 0 Å². The molecule has 0 atom stereocenters. The van der Waals surface area contributed by atoms with Gasteiger partial charge in [-0.3, -0.25) is 4.79 Å². The summed E-state index contributed by atoms with van der Waals surface area (Å²) in [7, 11) is 0. The van der Waals surface area contributed by atoms with Crippen LogP contribution in [0.15, 0.2) is 9.66 Å². The molecule has 0 saturated heterocycles. The average molecular weight is 196 g/mol. The standard InChI is InChI=1S/C4H5IO/c1-2-4(5)3-6/h2-3H,1H3. The van der Waals surface area contributed by atoms with Crippen molar-refractivity contribution in [2.45, 2.75) is 6.92 Å². The van der Waals surface area contributed by atoms with Crippen LogP contribution in [0.5, 0.6) is 0 Å². The first kappa shape index (κ1) is 6.14. The van der Waals surface area contributed by atoms with E-state index < -0.39 is 0 Å². The Morgan fingerprint density at radius 1 is 1.83 bits per heavy atom. The summed E-state index contributed by atoms with van der Waals surface area (Å²) in [4.78, 5) is 9.66. The first-order valence-electron chi connectivity index (χ1n) is 1.58. The molecule has 2 heteroatoms. The highest BCUT2D eigenvalue weighted by atomic mass is 127. The molecule has 0 aliphatic heterocycles. The molecule has 0 heterocycles. The molecular weight excluding hydrogens is 191 g/mol. The number of hydrogen-bond acceptors (Lipinski definition) is 1. The maximum atomic E-state index is 9.66. The summed E-state index contributed by atoms with van der Waals surface area (Å²) in [5.41, 5.74) is 0. The summed E-state index contributed by atoms with van der Waals surface area (Å²) >= 11 is 1.96. The van der Waals surface area contributed by atoms with E-state index in [1.165, 1.54) is 0 Å². The molecular formula is C4H5IO. The van der Waals surface area contributed by atoms with Crippen LogP contribution in [0, 0.1) is 0 Å². The summed E-state index contributed by atoms with van der Waals surface area (Å²) < 4.78 is 0.757. The first-order valence-corrected chi connectivity index (χ1v) is 2.66. The number of hydrogen-bond donors (Lipinski definition) is 0. The number of carbonyl (C=O) groups excluding carboxylic acids is 1. The zero-order valence-corrected chi connectivity index (χ0v) is 5.60. The lowest BCUT2D eigenvalue weighted by Gasteiger charge is -1.70. The van der Waals surface area contributed by atoms with Crippen molar-refractivity contribution in [2.75, 3.05) is 0 Å². The van der Waals surface area contributed by atoms with E-state index in [1.807, 2.05) is 29.5 Å². The van der Waals surface area contributed by atoms with Gasteiger partial charge in [-0.05, 0) is 29.5 Å². The van der Waals surface area contributed by atoms with E-state index in [9.17, 15) is 4.79 Å². The maximum absolute atomic E-state index is 9.66. The molecule has 34 valence electrons. The van der Waals surface area contributed by atoms with E-state index in [2.05, 4.69) is 0 Å². The van der Waals surface area contributed by atoms with Gasteiger partial charge < -0.3 is 0 Å². The number of halogens is 1. The summed E-state index contributed by atoms with van der Waals surface area (Å²) in [5, 5.41) is 0. The Labute approximate surface area is 50.6 Å². The zero-order chi connectivity index (χ0) is 4.99. The predicted molar refractivity (Wildman–Crippen MR) is 33.8 cm³/mol. The summed E-state index contributed by atoms with van der Waals surface area (Å²) in [6.07, 6.45) is 2.58. The molecule has 0 spiro atoms. The third-order valence-corrected chi connectivity index (χ3v) is 1.27. The molecule has 0 aromatic rings. The molecule has 0 rings (SSSR count). The van der Waals surface area contributed by atoms with Crippen molar-refractivity contribution in [3.05, 3.63) is 9.66 Å². The Kier molecular flexibility index (Phi) is 3.41. The third-order valence-electron chi connectivity index (χ3n) is 0.388. The first-order chi connectivity index (χ1) is 2.81. The van der Waals surface area contributed by atoms with Crippen LogP contribution in [-0.2, 0) is 4.79 Å². The molecule has 0 amide bonds. The molecule has 0 radical (unpaired) electrons. The van der Waals surface area contributed by atoms with Crippen molar-refractivity contribution in [2.24, 2.45) is 0 Å². The minimum atomic E-state index is 0.757. The van der Waals surface area contributed by atoms with E-state index in [0.29, 0.717) is 0 Å². The molecule has 0 aliphatic carbocycles. The van der Waals surface area contributed by atoms with Crippen LogP contribution in [-0.4, -0.2) is 6.29 Å². The molecule has 6 heavy (non-hydrogen) atoms. The predicted octanol–water partition coefficient (Wildman–Crippen LogP) is 1.52. The molecule has 0 saturated carbocycles. The van der Waals surface area contributed by atoms with Gasteiger partial charge in [0.2, 0.25) is 0 Å². The third kappa shape index (κ3) is 2.38. The van der Waals surface area contributed by atoms with E-state index in [0.717, 1.165) is 9.87 Å². The van der Waals surface area contributed by atoms with Crippen LogP contribution < -0.4 is 0 Å². The highest BCUT2D eigenvalue weighted by Gasteiger charge is 1.75. The molecule has 0 aliphatic rings. The fourth-order valence-electron chi connectivity index (χ4n) is 0.0680. The Hall–Kier alpha value is 0.140. The van der Waals surface area contributed by atoms with E-state index in [1.54, 1.807) is 6.08 Å². The topological polar surface area (TPSA) is 17.1 Å². The zero-order valence-electron chi connectivity index (χ0n) is 3.44. The van der Waals surface area contributed by atoms with Crippen LogP contribution in [0.1, 0.15) is 6.92 Å². The lowest BCUT2D eigenvalue weighted by atomic mass is 10.6. The smallest absolute Gasteiger partial charge is 0.155 e. The van der Waals surface area contributed by atoms with E-state index in [4.69, 9.17) is 0 Å². The lowest BCUT2D eigenvalue weighted by Crippen LogP contribution is -1.63. The fraction of sp³-hybridized carbons (Fsp3) is 0.250. The van der Waals surface area contributed by atoms with Crippen molar-refractivity contribution >= 4 is 28.9 Å². The molecule has 0 aromatic carbocycles. The number of aldehydes is 1. The lowest BCUT2D eigenvalue weighted by molar-refractivity contribution is -0.104. The van der Waals surface area contributed by atoms with Crippen molar-refractivity contribution in [3.63, 3.8) is 0 Å². The maximum Gasteiger partial charge on any atom is 0.155 e. The van der Waals surface area contributed by atoms with Crippen LogP contribution in [0.2, 0.25) is 0 Å². The monoisotopic (exact) mass is 196 g/mol. The van der Waals surface area contributed by atoms with E-state index in [-0.39, 0.29) is 0 Å². The Morgan fingerprint density at radius 2 is 2.33 bits per heavy atom. The highest BCUT2D eigenvalue weighted by Crippen LogP contribution is 1.97. The second kappa shape index (κ2) is 3.33. The molecule has 0 unspecified atom stereocenters. The number of rotatable bonds is 1. The summed E-state index contributed by atoms with van der Waals surface area (Å²) in [6.45, 7) is 1.83. The summed E-state index contributed by atoms with van der Waals surface area (Å²) in [5.74, 6) is 0. The van der Waals surface area contributed by atoms with Gasteiger partial charge in [-0.2, -0.15) is 0 Å². The van der Waals surface area contributed by atoms with Crippen molar-refractivity contribution < 1.29 is 4.79 Å². The van der Waals surface area contributed by atoms with E-state index >= 15 is 0 Å². The van der Waals surface area contributed by atoms with Crippen LogP contribution in [0.25, 0.3) is 0 Å².